The molecule has 0 heterocycles. The lowest BCUT2D eigenvalue weighted by Gasteiger charge is -2.17. The second-order valence-corrected chi connectivity index (χ2v) is 3.49. The summed E-state index contributed by atoms with van der Waals surface area (Å²) in [6, 6.07) is 5.33. The Balaban J connectivity index is 2.99. The van der Waals surface area contributed by atoms with Gasteiger partial charge in [0.25, 0.3) is 0 Å². The van der Waals surface area contributed by atoms with Crippen molar-refractivity contribution in [2.24, 2.45) is 5.73 Å². The number of aryl methyl sites for hydroxylation is 1. The van der Waals surface area contributed by atoms with Gasteiger partial charge in [-0.25, -0.2) is 0 Å². The van der Waals surface area contributed by atoms with Crippen LogP contribution in [0.2, 0.25) is 0 Å². The monoisotopic (exact) mass is 195 g/mol. The lowest BCUT2D eigenvalue weighted by molar-refractivity contribution is 0.164. The summed E-state index contributed by atoms with van der Waals surface area (Å²) >= 11 is 0. The normalized spacial score (nSPS) is 14.9. The van der Waals surface area contributed by atoms with Crippen LogP contribution in [0.25, 0.3) is 0 Å². The molecule has 0 saturated carbocycles. The number of nitrogens with two attached hydrogens (primary N) is 1. The van der Waals surface area contributed by atoms with Crippen LogP contribution < -0.4 is 10.5 Å². The highest BCUT2D eigenvalue weighted by Crippen LogP contribution is 2.22. The van der Waals surface area contributed by atoms with E-state index in [-0.39, 0.29) is 6.04 Å². The van der Waals surface area contributed by atoms with E-state index in [1.165, 1.54) is 0 Å². The van der Waals surface area contributed by atoms with Gasteiger partial charge in [0.2, 0.25) is 0 Å². The Morgan fingerprint density at radius 2 is 2.07 bits per heavy atom. The van der Waals surface area contributed by atoms with E-state index in [1.54, 1.807) is 14.0 Å². The molecular weight excluding hydrogens is 178 g/mol. The second kappa shape index (κ2) is 4.44. The van der Waals surface area contributed by atoms with Crippen molar-refractivity contribution >= 4 is 0 Å². The largest absolute Gasteiger partial charge is 0.497 e. The second-order valence-electron chi connectivity index (χ2n) is 3.49. The summed E-state index contributed by atoms with van der Waals surface area (Å²) in [4.78, 5) is 0. The van der Waals surface area contributed by atoms with Crippen LogP contribution in [-0.2, 0) is 0 Å². The molecule has 3 N–H and O–H groups in total. The van der Waals surface area contributed by atoms with Gasteiger partial charge in [-0.1, -0.05) is 6.07 Å². The molecule has 3 nitrogen and oxygen atoms in total. The topological polar surface area (TPSA) is 55.5 Å². The quantitative estimate of drug-likeness (QED) is 0.766. The summed E-state index contributed by atoms with van der Waals surface area (Å²) < 4.78 is 5.09. The predicted molar refractivity (Wildman–Crippen MR) is 56.3 cm³/mol. The Morgan fingerprint density at radius 1 is 1.43 bits per heavy atom. The average Bonchev–Trinajstić information content (AvgIpc) is 2.16. The fourth-order valence-corrected chi connectivity index (χ4v) is 1.41. The smallest absolute Gasteiger partial charge is 0.119 e. The SMILES string of the molecule is COc1ccc(C(N)C(C)O)c(C)c1. The number of methoxy groups -OCH3 is 1. The van der Waals surface area contributed by atoms with E-state index in [0.717, 1.165) is 16.9 Å². The highest BCUT2D eigenvalue weighted by atomic mass is 16.5. The minimum absolute atomic E-state index is 0.332. The summed E-state index contributed by atoms with van der Waals surface area (Å²) in [5.74, 6) is 0.809. The zero-order chi connectivity index (χ0) is 10.7. The Hall–Kier alpha value is -1.06. The first-order valence-corrected chi connectivity index (χ1v) is 4.64. The number of ether oxygens (including phenoxy) is 1. The van der Waals surface area contributed by atoms with Gasteiger partial charge in [0.05, 0.1) is 19.3 Å². The Kier molecular flexibility index (Phi) is 3.49. The third-order valence-electron chi connectivity index (χ3n) is 2.36. The van der Waals surface area contributed by atoms with Gasteiger partial charge >= 0.3 is 0 Å². The van der Waals surface area contributed by atoms with Gasteiger partial charge in [-0.2, -0.15) is 0 Å². The highest BCUT2D eigenvalue weighted by Gasteiger charge is 2.14. The molecule has 0 radical (unpaired) electrons. The fraction of sp³-hybridized carbons (Fsp3) is 0.455. The standard InChI is InChI=1S/C11H17NO2/c1-7-6-9(14-3)4-5-10(7)11(12)8(2)13/h4-6,8,11,13H,12H2,1-3H3. The molecule has 0 aromatic heterocycles. The Morgan fingerprint density at radius 3 is 2.50 bits per heavy atom. The first kappa shape index (κ1) is 11.0. The van der Waals surface area contributed by atoms with Crippen molar-refractivity contribution in [1.29, 1.82) is 0 Å². The first-order valence-electron chi connectivity index (χ1n) is 4.64. The number of hydrogen-bond acceptors (Lipinski definition) is 3. The molecule has 0 aliphatic carbocycles. The van der Waals surface area contributed by atoms with Crippen molar-refractivity contribution in [3.8, 4) is 5.75 Å². The molecule has 1 aromatic carbocycles. The summed E-state index contributed by atoms with van der Waals surface area (Å²) in [7, 11) is 1.63. The van der Waals surface area contributed by atoms with E-state index in [4.69, 9.17) is 10.5 Å². The van der Waals surface area contributed by atoms with Crippen molar-refractivity contribution in [3.05, 3.63) is 29.3 Å². The van der Waals surface area contributed by atoms with Crippen LogP contribution in [0.3, 0.4) is 0 Å². The zero-order valence-electron chi connectivity index (χ0n) is 8.82. The van der Waals surface area contributed by atoms with E-state index in [1.807, 2.05) is 25.1 Å². The Bertz CT molecular complexity index is 310. The predicted octanol–water partition coefficient (Wildman–Crippen LogP) is 1.38. The van der Waals surface area contributed by atoms with Crippen molar-refractivity contribution in [1.82, 2.24) is 0 Å². The molecule has 78 valence electrons. The highest BCUT2D eigenvalue weighted by molar-refractivity contribution is 5.36. The van der Waals surface area contributed by atoms with Gasteiger partial charge in [0.15, 0.2) is 0 Å². The third kappa shape index (κ3) is 2.25. The van der Waals surface area contributed by atoms with Gasteiger partial charge in [-0.05, 0) is 37.1 Å². The maximum absolute atomic E-state index is 9.37. The molecule has 0 saturated heterocycles. The lowest BCUT2D eigenvalue weighted by Crippen LogP contribution is -2.23. The summed E-state index contributed by atoms with van der Waals surface area (Å²) in [5.41, 5.74) is 7.84. The molecule has 0 fully saturated rings. The molecule has 2 unspecified atom stereocenters. The minimum Gasteiger partial charge on any atom is -0.497 e. The van der Waals surface area contributed by atoms with Crippen LogP contribution in [0, 0.1) is 6.92 Å². The van der Waals surface area contributed by atoms with Crippen LogP contribution in [0.1, 0.15) is 24.1 Å². The van der Waals surface area contributed by atoms with Gasteiger partial charge in [-0.3, -0.25) is 0 Å². The zero-order valence-corrected chi connectivity index (χ0v) is 8.82. The summed E-state index contributed by atoms with van der Waals surface area (Å²) in [6.07, 6.45) is -0.540. The van der Waals surface area contributed by atoms with Crippen LogP contribution >= 0.6 is 0 Å². The molecule has 1 aromatic rings. The molecule has 0 aliphatic rings. The molecule has 3 heteroatoms. The average molecular weight is 195 g/mol. The van der Waals surface area contributed by atoms with E-state index >= 15 is 0 Å². The lowest BCUT2D eigenvalue weighted by atomic mass is 9.98. The fourth-order valence-electron chi connectivity index (χ4n) is 1.41. The molecule has 0 spiro atoms. The summed E-state index contributed by atoms with van der Waals surface area (Å²) in [5, 5.41) is 9.37. The third-order valence-corrected chi connectivity index (χ3v) is 2.36. The molecule has 0 bridgehead atoms. The van der Waals surface area contributed by atoms with Crippen molar-refractivity contribution < 1.29 is 9.84 Å². The number of aliphatic hydroxyl groups excluding tert-OH is 1. The van der Waals surface area contributed by atoms with E-state index in [9.17, 15) is 5.11 Å². The molecular formula is C11H17NO2. The van der Waals surface area contributed by atoms with E-state index in [2.05, 4.69) is 0 Å². The van der Waals surface area contributed by atoms with E-state index < -0.39 is 6.10 Å². The van der Waals surface area contributed by atoms with Crippen molar-refractivity contribution in [3.63, 3.8) is 0 Å². The van der Waals surface area contributed by atoms with Crippen LogP contribution in [0.5, 0.6) is 5.75 Å². The maximum Gasteiger partial charge on any atom is 0.119 e. The number of aliphatic hydroxyl groups is 1. The molecule has 1 rings (SSSR count). The first-order chi connectivity index (χ1) is 6.56. The van der Waals surface area contributed by atoms with Gasteiger partial charge in [0, 0.05) is 0 Å². The summed E-state index contributed by atoms with van der Waals surface area (Å²) in [6.45, 7) is 3.65. The number of benzene rings is 1. The molecule has 2 atom stereocenters. The number of rotatable bonds is 3. The van der Waals surface area contributed by atoms with Gasteiger partial charge in [-0.15, -0.1) is 0 Å². The maximum atomic E-state index is 9.37. The van der Waals surface area contributed by atoms with Crippen LogP contribution in [-0.4, -0.2) is 18.3 Å². The van der Waals surface area contributed by atoms with Gasteiger partial charge < -0.3 is 15.6 Å². The van der Waals surface area contributed by atoms with Crippen molar-refractivity contribution in [2.45, 2.75) is 26.0 Å². The molecule has 0 amide bonds. The molecule has 14 heavy (non-hydrogen) atoms. The number of hydrogen-bond donors (Lipinski definition) is 2. The minimum atomic E-state index is -0.540. The Labute approximate surface area is 84.5 Å². The van der Waals surface area contributed by atoms with Crippen LogP contribution in [0.4, 0.5) is 0 Å². The van der Waals surface area contributed by atoms with Crippen molar-refractivity contribution in [2.75, 3.05) is 7.11 Å². The van der Waals surface area contributed by atoms with Gasteiger partial charge in [0.1, 0.15) is 5.75 Å². The van der Waals surface area contributed by atoms with Crippen LogP contribution in [0.15, 0.2) is 18.2 Å². The van der Waals surface area contributed by atoms with E-state index in [0.29, 0.717) is 0 Å². The molecule has 0 aliphatic heterocycles.